The normalized spacial score (nSPS) is 12.6. The quantitative estimate of drug-likeness (QED) is 0.337. The van der Waals surface area contributed by atoms with E-state index < -0.39 is 0 Å². The molecule has 0 spiro atoms. The van der Waals surface area contributed by atoms with Crippen molar-refractivity contribution in [1.29, 1.82) is 0 Å². The Morgan fingerprint density at radius 1 is 1.73 bits per heavy atom. The van der Waals surface area contributed by atoms with Crippen molar-refractivity contribution in [1.82, 2.24) is 5.48 Å². The third-order valence-corrected chi connectivity index (χ3v) is 1.88. The summed E-state index contributed by atoms with van der Waals surface area (Å²) >= 11 is 4.19. The van der Waals surface area contributed by atoms with E-state index in [4.69, 9.17) is 5.21 Å². The monoisotopic (exact) mass is 177 g/mol. The molecule has 0 aliphatic rings. The molecule has 4 heteroatoms. The number of hydrogen-bond acceptors (Lipinski definition) is 3. The fourth-order valence-electron chi connectivity index (χ4n) is 0.801. The van der Waals surface area contributed by atoms with E-state index in [9.17, 15) is 4.79 Å². The number of amides is 1. The van der Waals surface area contributed by atoms with Crippen molar-refractivity contribution in [2.24, 2.45) is 0 Å². The van der Waals surface area contributed by atoms with Gasteiger partial charge in [-0.25, -0.2) is 5.48 Å². The first-order valence-electron chi connectivity index (χ1n) is 3.81. The van der Waals surface area contributed by atoms with Crippen LogP contribution in [0.1, 0.15) is 32.6 Å². The van der Waals surface area contributed by atoms with E-state index in [1.54, 1.807) is 5.48 Å². The molecule has 11 heavy (non-hydrogen) atoms. The number of unbranched alkanes of at least 4 members (excludes halogenated alkanes) is 1. The summed E-state index contributed by atoms with van der Waals surface area (Å²) in [5.74, 6) is -0.360. The summed E-state index contributed by atoms with van der Waals surface area (Å²) in [6, 6.07) is 0. The van der Waals surface area contributed by atoms with E-state index in [1.165, 1.54) is 0 Å². The topological polar surface area (TPSA) is 49.3 Å². The maximum Gasteiger partial charge on any atom is 0.244 e. The predicted molar refractivity (Wildman–Crippen MR) is 46.8 cm³/mol. The summed E-state index contributed by atoms with van der Waals surface area (Å²) in [5, 5.41) is 8.25. The van der Waals surface area contributed by atoms with Gasteiger partial charge in [0.05, 0.1) is 0 Å². The number of nitrogens with one attached hydrogen (secondary N) is 1. The molecule has 0 fully saturated rings. The summed E-state index contributed by atoms with van der Waals surface area (Å²) in [6.45, 7) is 2.09. The molecule has 0 aromatic rings. The lowest BCUT2D eigenvalue weighted by Crippen LogP contribution is -2.22. The minimum Gasteiger partial charge on any atom is -0.289 e. The van der Waals surface area contributed by atoms with Gasteiger partial charge in [0.1, 0.15) is 0 Å². The van der Waals surface area contributed by atoms with Crippen LogP contribution in [0.2, 0.25) is 0 Å². The third-order valence-electron chi connectivity index (χ3n) is 1.44. The van der Waals surface area contributed by atoms with Gasteiger partial charge in [0.15, 0.2) is 0 Å². The lowest BCUT2D eigenvalue weighted by atomic mass is 10.1. The van der Waals surface area contributed by atoms with Gasteiger partial charge >= 0.3 is 0 Å². The standard InChI is InChI=1S/C7H15NO2S/c1-2-3-4-6(11)5-7(9)8-10/h6,10-11H,2-5H2,1H3,(H,8,9). The largest absolute Gasteiger partial charge is 0.289 e. The van der Waals surface area contributed by atoms with Crippen LogP contribution in [0.25, 0.3) is 0 Å². The SMILES string of the molecule is CCCCC(S)CC(=O)NO. The molecule has 1 amide bonds. The van der Waals surface area contributed by atoms with E-state index in [2.05, 4.69) is 19.6 Å². The summed E-state index contributed by atoms with van der Waals surface area (Å²) in [4.78, 5) is 10.6. The van der Waals surface area contributed by atoms with Gasteiger partial charge in [-0.3, -0.25) is 10.0 Å². The molecule has 2 N–H and O–H groups in total. The Morgan fingerprint density at radius 3 is 2.82 bits per heavy atom. The van der Waals surface area contributed by atoms with Crippen LogP contribution >= 0.6 is 12.6 Å². The van der Waals surface area contributed by atoms with Gasteiger partial charge in [-0.15, -0.1) is 0 Å². The third kappa shape index (κ3) is 6.19. The van der Waals surface area contributed by atoms with Gasteiger partial charge in [-0.2, -0.15) is 12.6 Å². The number of carbonyl (C=O) groups is 1. The molecular formula is C7H15NO2S. The van der Waals surface area contributed by atoms with Gasteiger partial charge in [-0.05, 0) is 6.42 Å². The molecule has 0 heterocycles. The molecule has 0 aliphatic carbocycles. The average Bonchev–Trinajstić information content (AvgIpc) is 2.00. The lowest BCUT2D eigenvalue weighted by molar-refractivity contribution is -0.129. The Morgan fingerprint density at radius 2 is 2.36 bits per heavy atom. The first-order valence-corrected chi connectivity index (χ1v) is 4.33. The van der Waals surface area contributed by atoms with Gasteiger partial charge in [-0.1, -0.05) is 19.8 Å². The lowest BCUT2D eigenvalue weighted by Gasteiger charge is -2.06. The summed E-state index contributed by atoms with van der Waals surface area (Å²) in [7, 11) is 0. The van der Waals surface area contributed by atoms with Crippen LogP contribution in [0.15, 0.2) is 0 Å². The molecule has 66 valence electrons. The Kier molecular flexibility index (Phi) is 6.36. The van der Waals surface area contributed by atoms with Crippen molar-refractivity contribution >= 4 is 18.5 Å². The van der Waals surface area contributed by atoms with Crippen LogP contribution < -0.4 is 5.48 Å². The van der Waals surface area contributed by atoms with Crippen LogP contribution in [0.5, 0.6) is 0 Å². The highest BCUT2D eigenvalue weighted by atomic mass is 32.1. The molecule has 0 bridgehead atoms. The van der Waals surface area contributed by atoms with Crippen molar-refractivity contribution in [3.05, 3.63) is 0 Å². The average molecular weight is 177 g/mol. The first kappa shape index (κ1) is 10.8. The molecule has 1 unspecified atom stereocenters. The molecule has 1 atom stereocenters. The molecule has 3 nitrogen and oxygen atoms in total. The minimum atomic E-state index is -0.360. The molecule has 0 saturated heterocycles. The van der Waals surface area contributed by atoms with Gasteiger partial charge in [0.25, 0.3) is 0 Å². The zero-order chi connectivity index (χ0) is 8.69. The fraction of sp³-hybridized carbons (Fsp3) is 0.857. The van der Waals surface area contributed by atoms with Crippen LogP contribution in [-0.2, 0) is 4.79 Å². The Labute approximate surface area is 72.5 Å². The van der Waals surface area contributed by atoms with Crippen molar-refractivity contribution < 1.29 is 10.0 Å². The highest BCUT2D eigenvalue weighted by molar-refractivity contribution is 7.81. The zero-order valence-electron chi connectivity index (χ0n) is 6.71. The second kappa shape index (κ2) is 6.49. The number of hydrogen-bond donors (Lipinski definition) is 3. The summed E-state index contributed by atoms with van der Waals surface area (Å²) in [6.07, 6.45) is 3.40. The van der Waals surface area contributed by atoms with E-state index in [1.807, 2.05) is 0 Å². The van der Waals surface area contributed by atoms with Crippen LogP contribution in [0.3, 0.4) is 0 Å². The van der Waals surface area contributed by atoms with Crippen molar-refractivity contribution in [3.8, 4) is 0 Å². The highest BCUT2D eigenvalue weighted by Crippen LogP contribution is 2.10. The minimum absolute atomic E-state index is 0.0714. The smallest absolute Gasteiger partial charge is 0.244 e. The second-order valence-electron chi connectivity index (χ2n) is 2.54. The van der Waals surface area contributed by atoms with E-state index in [-0.39, 0.29) is 11.2 Å². The first-order chi connectivity index (χ1) is 5.20. The van der Waals surface area contributed by atoms with Crippen LogP contribution in [0, 0.1) is 0 Å². The number of thiol groups is 1. The molecule has 0 radical (unpaired) electrons. The molecule has 0 aliphatic heterocycles. The van der Waals surface area contributed by atoms with E-state index >= 15 is 0 Å². The van der Waals surface area contributed by atoms with E-state index in [0.717, 1.165) is 19.3 Å². The van der Waals surface area contributed by atoms with Crippen molar-refractivity contribution in [2.45, 2.75) is 37.9 Å². The van der Waals surface area contributed by atoms with Crippen molar-refractivity contribution in [3.63, 3.8) is 0 Å². The van der Waals surface area contributed by atoms with Gasteiger partial charge in [0, 0.05) is 11.7 Å². The molecule has 0 rings (SSSR count). The Balaban J connectivity index is 3.35. The van der Waals surface area contributed by atoms with E-state index in [0.29, 0.717) is 6.42 Å². The number of carbonyl (C=O) groups excluding carboxylic acids is 1. The zero-order valence-corrected chi connectivity index (χ0v) is 7.60. The van der Waals surface area contributed by atoms with Gasteiger partial charge < -0.3 is 0 Å². The molecular weight excluding hydrogens is 162 g/mol. The summed E-state index contributed by atoms with van der Waals surface area (Å²) in [5.41, 5.74) is 1.58. The highest BCUT2D eigenvalue weighted by Gasteiger charge is 2.07. The number of hydroxylamine groups is 1. The molecule has 0 saturated carbocycles. The predicted octanol–water partition coefficient (Wildman–Crippen LogP) is 1.37. The molecule has 0 aromatic heterocycles. The second-order valence-corrected chi connectivity index (χ2v) is 3.27. The van der Waals surface area contributed by atoms with Gasteiger partial charge in [0.2, 0.25) is 5.91 Å². The summed E-state index contributed by atoms with van der Waals surface area (Å²) < 4.78 is 0. The number of rotatable bonds is 5. The Bertz CT molecular complexity index is 119. The van der Waals surface area contributed by atoms with Crippen molar-refractivity contribution in [2.75, 3.05) is 0 Å². The maximum absolute atomic E-state index is 10.6. The maximum atomic E-state index is 10.6. The molecule has 0 aromatic carbocycles. The Hall–Kier alpha value is -0.220. The van der Waals surface area contributed by atoms with Crippen LogP contribution in [0.4, 0.5) is 0 Å². The van der Waals surface area contributed by atoms with Crippen LogP contribution in [-0.4, -0.2) is 16.4 Å². The fourth-order valence-corrected chi connectivity index (χ4v) is 1.15.